The normalized spacial score (nSPS) is 23.9. The van der Waals surface area contributed by atoms with Crippen molar-refractivity contribution in [3.8, 4) is 0 Å². The van der Waals surface area contributed by atoms with Crippen LogP contribution in [0.2, 0.25) is 0 Å². The van der Waals surface area contributed by atoms with Gasteiger partial charge in [0.2, 0.25) is 0 Å². The molecule has 1 N–H and O–H groups in total. The summed E-state index contributed by atoms with van der Waals surface area (Å²) in [5, 5.41) is 2.37. The van der Waals surface area contributed by atoms with Crippen LogP contribution in [0.25, 0.3) is 0 Å². The van der Waals surface area contributed by atoms with E-state index in [-0.39, 0.29) is 0 Å². The second-order valence-corrected chi connectivity index (χ2v) is 4.86. The molecular formula is C7H13NO4S. The minimum atomic E-state index is -3.69. The molecule has 0 bridgehead atoms. The average Bonchev–Trinajstić information content (AvgIpc) is 2.04. The Hall–Kier alpha value is -0.620. The average molecular weight is 207 g/mol. The molecule has 0 aromatic rings. The molecule has 1 saturated heterocycles. The monoisotopic (exact) mass is 207 g/mol. The molecule has 13 heavy (non-hydrogen) atoms. The standard InChI is InChI=1S/C7H13NO4S/c1-6(9)12-13(10,11)7-3-2-4-8-5-7/h7-8H,2-5H2,1H3. The maximum atomic E-state index is 11.3. The van der Waals surface area contributed by atoms with Crippen LogP contribution in [-0.2, 0) is 19.1 Å². The van der Waals surface area contributed by atoms with Crippen LogP contribution >= 0.6 is 0 Å². The molecule has 0 spiro atoms. The van der Waals surface area contributed by atoms with Gasteiger partial charge < -0.3 is 9.50 Å². The molecule has 0 saturated carbocycles. The molecule has 1 heterocycles. The van der Waals surface area contributed by atoms with E-state index in [4.69, 9.17) is 0 Å². The third-order valence-corrected chi connectivity index (χ3v) is 3.58. The van der Waals surface area contributed by atoms with Crippen LogP contribution in [0.4, 0.5) is 0 Å². The van der Waals surface area contributed by atoms with E-state index < -0.39 is 21.3 Å². The highest BCUT2D eigenvalue weighted by Crippen LogP contribution is 2.13. The topological polar surface area (TPSA) is 72.5 Å². The number of nitrogens with one attached hydrogen (secondary N) is 1. The molecule has 76 valence electrons. The number of hydrogen-bond acceptors (Lipinski definition) is 5. The van der Waals surface area contributed by atoms with Gasteiger partial charge in [-0.1, -0.05) is 0 Å². The summed E-state index contributed by atoms with van der Waals surface area (Å²) in [6.07, 6.45) is 1.35. The predicted octanol–water partition coefficient (Wildman–Crippen LogP) is -0.369. The van der Waals surface area contributed by atoms with Crippen LogP contribution in [0, 0.1) is 0 Å². The molecule has 1 aliphatic rings. The van der Waals surface area contributed by atoms with E-state index >= 15 is 0 Å². The molecule has 5 nitrogen and oxygen atoms in total. The van der Waals surface area contributed by atoms with E-state index in [1.54, 1.807) is 0 Å². The molecule has 0 radical (unpaired) electrons. The second kappa shape index (κ2) is 4.06. The minimum absolute atomic E-state index is 0.371. The van der Waals surface area contributed by atoms with Gasteiger partial charge in [0.15, 0.2) is 0 Å². The lowest BCUT2D eigenvalue weighted by molar-refractivity contribution is -0.131. The first-order valence-electron chi connectivity index (χ1n) is 4.17. The summed E-state index contributed by atoms with van der Waals surface area (Å²) in [6, 6.07) is 0. The van der Waals surface area contributed by atoms with Crippen molar-refractivity contribution >= 4 is 16.1 Å². The van der Waals surface area contributed by atoms with Crippen molar-refractivity contribution in [2.75, 3.05) is 13.1 Å². The lowest BCUT2D eigenvalue weighted by Crippen LogP contribution is -2.40. The van der Waals surface area contributed by atoms with Gasteiger partial charge in [-0.2, -0.15) is 8.42 Å². The zero-order valence-electron chi connectivity index (χ0n) is 7.45. The zero-order chi connectivity index (χ0) is 9.90. The third-order valence-electron chi connectivity index (χ3n) is 1.89. The fraction of sp³-hybridized carbons (Fsp3) is 0.857. The number of rotatable bonds is 2. The summed E-state index contributed by atoms with van der Waals surface area (Å²) in [7, 11) is -3.69. The summed E-state index contributed by atoms with van der Waals surface area (Å²) >= 11 is 0. The van der Waals surface area contributed by atoms with E-state index in [0.29, 0.717) is 13.0 Å². The van der Waals surface area contributed by atoms with Crippen molar-refractivity contribution in [1.82, 2.24) is 5.32 Å². The molecule has 1 aliphatic heterocycles. The van der Waals surface area contributed by atoms with Crippen LogP contribution < -0.4 is 5.32 Å². The van der Waals surface area contributed by atoms with Crippen LogP contribution in [-0.4, -0.2) is 32.7 Å². The molecule has 1 rings (SSSR count). The van der Waals surface area contributed by atoms with Crippen LogP contribution in [0.3, 0.4) is 0 Å². The summed E-state index contributed by atoms with van der Waals surface area (Å²) in [4.78, 5) is 10.5. The molecule has 1 atom stereocenters. The highest BCUT2D eigenvalue weighted by molar-refractivity contribution is 7.87. The quantitative estimate of drug-likeness (QED) is 0.625. The van der Waals surface area contributed by atoms with Gasteiger partial charge in [0.1, 0.15) is 5.25 Å². The highest BCUT2D eigenvalue weighted by Gasteiger charge is 2.29. The Bertz CT molecular complexity index is 279. The van der Waals surface area contributed by atoms with Crippen LogP contribution in [0.1, 0.15) is 19.8 Å². The van der Waals surface area contributed by atoms with Crippen molar-refractivity contribution in [2.24, 2.45) is 0 Å². The fourth-order valence-electron chi connectivity index (χ4n) is 1.30. The van der Waals surface area contributed by atoms with Crippen molar-refractivity contribution in [3.63, 3.8) is 0 Å². The molecule has 1 unspecified atom stereocenters. The Morgan fingerprint density at radius 1 is 1.54 bits per heavy atom. The summed E-state index contributed by atoms with van der Waals surface area (Å²) < 4.78 is 26.9. The van der Waals surface area contributed by atoms with Gasteiger partial charge in [-0.05, 0) is 19.4 Å². The molecule has 0 aliphatic carbocycles. The molecule has 0 amide bonds. The first-order chi connectivity index (χ1) is 6.02. The van der Waals surface area contributed by atoms with E-state index in [0.717, 1.165) is 19.9 Å². The smallest absolute Gasteiger partial charge is 0.319 e. The highest BCUT2D eigenvalue weighted by atomic mass is 32.2. The van der Waals surface area contributed by atoms with Crippen LogP contribution in [0.15, 0.2) is 0 Å². The summed E-state index contributed by atoms with van der Waals surface area (Å²) in [5.74, 6) is -0.773. The first kappa shape index (κ1) is 10.5. The van der Waals surface area contributed by atoms with Crippen molar-refractivity contribution in [3.05, 3.63) is 0 Å². The van der Waals surface area contributed by atoms with E-state index in [1.807, 2.05) is 0 Å². The molecular weight excluding hydrogens is 194 g/mol. The van der Waals surface area contributed by atoms with Gasteiger partial charge in [-0.15, -0.1) is 0 Å². The molecule has 0 aromatic heterocycles. The summed E-state index contributed by atoms with van der Waals surface area (Å²) in [5.41, 5.74) is 0. The molecule has 0 aromatic carbocycles. The predicted molar refractivity (Wildman–Crippen MR) is 46.6 cm³/mol. The second-order valence-electron chi connectivity index (χ2n) is 3.04. The van der Waals surface area contributed by atoms with Crippen molar-refractivity contribution in [2.45, 2.75) is 25.0 Å². The third kappa shape index (κ3) is 2.96. The number of hydrogen-bond donors (Lipinski definition) is 1. The Morgan fingerprint density at radius 2 is 2.23 bits per heavy atom. The Kier molecular flexibility index (Phi) is 3.27. The van der Waals surface area contributed by atoms with E-state index in [1.165, 1.54) is 0 Å². The van der Waals surface area contributed by atoms with E-state index in [2.05, 4.69) is 9.50 Å². The number of piperidine rings is 1. The lowest BCUT2D eigenvalue weighted by atomic mass is 10.2. The summed E-state index contributed by atoms with van der Waals surface area (Å²) in [6.45, 7) is 2.29. The van der Waals surface area contributed by atoms with Gasteiger partial charge in [-0.25, -0.2) is 0 Å². The maximum Gasteiger partial charge on any atom is 0.319 e. The fourth-order valence-corrected chi connectivity index (χ4v) is 2.54. The Morgan fingerprint density at radius 3 is 2.69 bits per heavy atom. The van der Waals surface area contributed by atoms with Crippen LogP contribution in [0.5, 0.6) is 0 Å². The molecule has 1 fully saturated rings. The number of carbonyl (C=O) groups is 1. The molecule has 6 heteroatoms. The Labute approximate surface area is 77.6 Å². The first-order valence-corrected chi connectivity index (χ1v) is 5.64. The maximum absolute atomic E-state index is 11.3. The van der Waals surface area contributed by atoms with Crippen molar-refractivity contribution in [1.29, 1.82) is 0 Å². The van der Waals surface area contributed by atoms with Crippen molar-refractivity contribution < 1.29 is 17.4 Å². The van der Waals surface area contributed by atoms with E-state index in [9.17, 15) is 13.2 Å². The SMILES string of the molecule is CC(=O)OS(=O)(=O)C1CCCNC1. The van der Waals surface area contributed by atoms with Gasteiger partial charge in [-0.3, -0.25) is 4.79 Å². The van der Waals surface area contributed by atoms with Gasteiger partial charge >= 0.3 is 16.1 Å². The largest absolute Gasteiger partial charge is 0.346 e. The van der Waals surface area contributed by atoms with Gasteiger partial charge in [0.25, 0.3) is 0 Å². The Balaban J connectivity index is 2.62. The number of carbonyl (C=O) groups excluding carboxylic acids is 1. The zero-order valence-corrected chi connectivity index (χ0v) is 8.26. The minimum Gasteiger partial charge on any atom is -0.346 e. The van der Waals surface area contributed by atoms with Gasteiger partial charge in [0.05, 0.1) is 0 Å². The van der Waals surface area contributed by atoms with Gasteiger partial charge in [0, 0.05) is 13.5 Å². The lowest BCUT2D eigenvalue weighted by Gasteiger charge is -2.21.